The van der Waals surface area contributed by atoms with Crippen LogP contribution in [-0.4, -0.2) is 30.6 Å². The van der Waals surface area contributed by atoms with Crippen LogP contribution >= 0.6 is 0 Å². The van der Waals surface area contributed by atoms with Gasteiger partial charge in [-0.1, -0.05) is 12.5 Å². The number of halogens is 1. The van der Waals surface area contributed by atoms with Crippen molar-refractivity contribution in [3.8, 4) is 0 Å². The Morgan fingerprint density at radius 3 is 2.95 bits per heavy atom. The SMILES string of the molecule is COC(=O)CC1CCCCN1Cc1ccc(F)cc1CN. The van der Waals surface area contributed by atoms with Gasteiger partial charge in [0.2, 0.25) is 0 Å². The van der Waals surface area contributed by atoms with Crippen LogP contribution in [0.5, 0.6) is 0 Å². The fourth-order valence-corrected chi connectivity index (χ4v) is 2.93. The summed E-state index contributed by atoms with van der Waals surface area (Å²) in [4.78, 5) is 13.8. The maximum atomic E-state index is 13.3. The van der Waals surface area contributed by atoms with Crippen molar-refractivity contribution in [3.05, 3.63) is 35.1 Å². The lowest BCUT2D eigenvalue weighted by molar-refractivity contribution is -0.142. The first-order valence-corrected chi connectivity index (χ1v) is 7.42. The molecule has 1 aliphatic heterocycles. The number of benzene rings is 1. The molecule has 1 fully saturated rings. The zero-order valence-electron chi connectivity index (χ0n) is 12.5. The van der Waals surface area contributed by atoms with Crippen LogP contribution < -0.4 is 5.73 Å². The van der Waals surface area contributed by atoms with Gasteiger partial charge >= 0.3 is 5.97 Å². The Morgan fingerprint density at radius 2 is 2.24 bits per heavy atom. The van der Waals surface area contributed by atoms with Crippen LogP contribution in [0.4, 0.5) is 4.39 Å². The van der Waals surface area contributed by atoms with Crippen molar-refractivity contribution >= 4 is 5.97 Å². The lowest BCUT2D eigenvalue weighted by atomic mass is 9.97. The molecule has 0 aromatic heterocycles. The molecule has 0 radical (unpaired) electrons. The Morgan fingerprint density at radius 1 is 1.43 bits per heavy atom. The third-order valence-corrected chi connectivity index (χ3v) is 4.14. The summed E-state index contributed by atoms with van der Waals surface area (Å²) >= 11 is 0. The average Bonchev–Trinajstić information content (AvgIpc) is 2.50. The number of nitrogens with zero attached hydrogens (tertiary/aromatic N) is 1. The first-order valence-electron chi connectivity index (χ1n) is 7.42. The van der Waals surface area contributed by atoms with Crippen LogP contribution in [0.25, 0.3) is 0 Å². The number of methoxy groups -OCH3 is 1. The van der Waals surface area contributed by atoms with Gasteiger partial charge in [0.25, 0.3) is 0 Å². The van der Waals surface area contributed by atoms with E-state index in [0.717, 1.165) is 36.9 Å². The van der Waals surface area contributed by atoms with E-state index in [4.69, 9.17) is 10.5 Å². The average molecular weight is 294 g/mol. The normalized spacial score (nSPS) is 19.5. The Labute approximate surface area is 125 Å². The van der Waals surface area contributed by atoms with Gasteiger partial charge < -0.3 is 10.5 Å². The van der Waals surface area contributed by atoms with Gasteiger partial charge in [0.05, 0.1) is 13.5 Å². The van der Waals surface area contributed by atoms with Crippen molar-refractivity contribution in [2.45, 2.75) is 44.8 Å². The molecule has 1 aliphatic rings. The Hall–Kier alpha value is -1.46. The van der Waals surface area contributed by atoms with E-state index in [1.807, 2.05) is 0 Å². The molecule has 1 heterocycles. The van der Waals surface area contributed by atoms with E-state index in [0.29, 0.717) is 19.5 Å². The molecule has 1 saturated heterocycles. The second-order valence-electron chi connectivity index (χ2n) is 5.52. The van der Waals surface area contributed by atoms with E-state index < -0.39 is 0 Å². The standard InChI is InChI=1S/C16H23FN2O2/c1-21-16(20)9-15-4-2-3-7-19(15)11-12-5-6-14(17)8-13(12)10-18/h5-6,8,15H,2-4,7,9-11,18H2,1H3. The first kappa shape index (κ1) is 15.9. The molecule has 1 aromatic carbocycles. The zero-order chi connectivity index (χ0) is 15.2. The van der Waals surface area contributed by atoms with Gasteiger partial charge in [-0.05, 0) is 42.6 Å². The molecule has 0 spiro atoms. The summed E-state index contributed by atoms with van der Waals surface area (Å²) in [5, 5.41) is 0. The van der Waals surface area contributed by atoms with Gasteiger partial charge in [0, 0.05) is 19.1 Å². The van der Waals surface area contributed by atoms with Crippen molar-refractivity contribution in [1.29, 1.82) is 0 Å². The second kappa shape index (κ2) is 7.52. The maximum absolute atomic E-state index is 13.3. The number of nitrogens with two attached hydrogens (primary N) is 1. The first-order chi connectivity index (χ1) is 10.1. The molecule has 21 heavy (non-hydrogen) atoms. The largest absolute Gasteiger partial charge is 0.469 e. The number of carbonyl (C=O) groups is 1. The minimum atomic E-state index is -0.260. The molecule has 0 aliphatic carbocycles. The van der Waals surface area contributed by atoms with Crippen molar-refractivity contribution in [1.82, 2.24) is 4.90 Å². The molecular formula is C16H23FN2O2. The molecular weight excluding hydrogens is 271 g/mol. The van der Waals surface area contributed by atoms with E-state index in [2.05, 4.69) is 4.90 Å². The molecule has 0 saturated carbocycles. The minimum absolute atomic E-state index is 0.176. The molecule has 1 aromatic rings. The number of rotatable bonds is 5. The highest BCUT2D eigenvalue weighted by Gasteiger charge is 2.25. The molecule has 0 amide bonds. The summed E-state index contributed by atoms with van der Waals surface area (Å²) in [5.41, 5.74) is 7.57. The number of hydrogen-bond donors (Lipinski definition) is 1. The number of likely N-dealkylation sites (tertiary alicyclic amines) is 1. The number of carbonyl (C=O) groups excluding carboxylic acids is 1. The minimum Gasteiger partial charge on any atom is -0.469 e. The molecule has 2 N–H and O–H groups in total. The predicted molar refractivity (Wildman–Crippen MR) is 79.0 cm³/mol. The van der Waals surface area contributed by atoms with E-state index in [1.165, 1.54) is 19.2 Å². The summed E-state index contributed by atoms with van der Waals surface area (Å²) in [7, 11) is 1.42. The molecule has 1 atom stereocenters. The fourth-order valence-electron chi connectivity index (χ4n) is 2.93. The van der Waals surface area contributed by atoms with Crippen molar-refractivity contribution in [2.24, 2.45) is 5.73 Å². The summed E-state index contributed by atoms with van der Waals surface area (Å²) in [6, 6.07) is 4.95. The van der Waals surface area contributed by atoms with Gasteiger partial charge in [-0.3, -0.25) is 9.69 Å². The summed E-state index contributed by atoms with van der Waals surface area (Å²) in [6.07, 6.45) is 3.66. The molecule has 0 bridgehead atoms. The van der Waals surface area contributed by atoms with Crippen LogP contribution in [0.3, 0.4) is 0 Å². The summed E-state index contributed by atoms with van der Waals surface area (Å²) in [6.45, 7) is 1.97. The Bertz CT molecular complexity index is 493. The Balaban J connectivity index is 2.10. The highest BCUT2D eigenvalue weighted by Crippen LogP contribution is 2.23. The molecule has 1 unspecified atom stereocenters. The zero-order valence-corrected chi connectivity index (χ0v) is 12.5. The summed E-state index contributed by atoms with van der Waals surface area (Å²) < 4.78 is 18.1. The van der Waals surface area contributed by atoms with Gasteiger partial charge in [0.15, 0.2) is 0 Å². The van der Waals surface area contributed by atoms with E-state index >= 15 is 0 Å². The van der Waals surface area contributed by atoms with E-state index in [9.17, 15) is 9.18 Å². The predicted octanol–water partition coefficient (Wildman–Crippen LogP) is 2.20. The lowest BCUT2D eigenvalue weighted by Gasteiger charge is -2.35. The van der Waals surface area contributed by atoms with Crippen LogP contribution in [0.2, 0.25) is 0 Å². The molecule has 4 nitrogen and oxygen atoms in total. The van der Waals surface area contributed by atoms with E-state index in [1.54, 1.807) is 6.07 Å². The smallest absolute Gasteiger partial charge is 0.307 e. The highest BCUT2D eigenvalue weighted by molar-refractivity contribution is 5.69. The fraction of sp³-hybridized carbons (Fsp3) is 0.562. The number of esters is 1. The topological polar surface area (TPSA) is 55.6 Å². The van der Waals surface area contributed by atoms with Crippen molar-refractivity contribution in [2.75, 3.05) is 13.7 Å². The van der Waals surface area contributed by atoms with Gasteiger partial charge in [-0.25, -0.2) is 4.39 Å². The number of piperidine rings is 1. The molecule has 5 heteroatoms. The monoisotopic (exact) mass is 294 g/mol. The van der Waals surface area contributed by atoms with Gasteiger partial charge in [0.1, 0.15) is 5.82 Å². The molecule has 116 valence electrons. The second-order valence-corrected chi connectivity index (χ2v) is 5.52. The van der Waals surface area contributed by atoms with Crippen LogP contribution in [0.1, 0.15) is 36.8 Å². The van der Waals surface area contributed by atoms with Crippen molar-refractivity contribution < 1.29 is 13.9 Å². The van der Waals surface area contributed by atoms with Crippen LogP contribution in [-0.2, 0) is 22.6 Å². The van der Waals surface area contributed by atoms with Crippen LogP contribution in [0.15, 0.2) is 18.2 Å². The van der Waals surface area contributed by atoms with Gasteiger partial charge in [-0.15, -0.1) is 0 Å². The molecule has 2 rings (SSSR count). The number of hydrogen-bond acceptors (Lipinski definition) is 4. The number of ether oxygens (including phenoxy) is 1. The third kappa shape index (κ3) is 4.25. The summed E-state index contributed by atoms with van der Waals surface area (Å²) in [5.74, 6) is -0.436. The lowest BCUT2D eigenvalue weighted by Crippen LogP contribution is -2.40. The maximum Gasteiger partial charge on any atom is 0.307 e. The quantitative estimate of drug-likeness (QED) is 0.846. The van der Waals surface area contributed by atoms with Gasteiger partial charge in [-0.2, -0.15) is 0 Å². The third-order valence-electron chi connectivity index (χ3n) is 4.14. The highest BCUT2D eigenvalue weighted by atomic mass is 19.1. The van der Waals surface area contributed by atoms with E-state index in [-0.39, 0.29) is 17.8 Å². The Kier molecular flexibility index (Phi) is 5.70. The van der Waals surface area contributed by atoms with Crippen molar-refractivity contribution in [3.63, 3.8) is 0 Å². The van der Waals surface area contributed by atoms with Crippen LogP contribution in [0, 0.1) is 5.82 Å².